The normalized spacial score (nSPS) is 14.0. The fourth-order valence-electron chi connectivity index (χ4n) is 3.80. The average molecular weight is 480 g/mol. The molecule has 0 unspecified atom stereocenters. The van der Waals surface area contributed by atoms with Crippen LogP contribution in [0.3, 0.4) is 0 Å². The third kappa shape index (κ3) is 4.82. The van der Waals surface area contributed by atoms with Crippen molar-refractivity contribution in [2.75, 3.05) is 25.7 Å². The molecule has 1 N–H and O–H groups in total. The molecule has 0 atom stereocenters. The van der Waals surface area contributed by atoms with Crippen LogP contribution in [0.2, 0.25) is 0 Å². The van der Waals surface area contributed by atoms with Crippen LogP contribution in [-0.4, -0.2) is 43.6 Å². The van der Waals surface area contributed by atoms with Gasteiger partial charge in [0, 0.05) is 17.2 Å². The number of aryl methyl sites for hydroxylation is 2. The van der Waals surface area contributed by atoms with E-state index in [1.54, 1.807) is 23.0 Å². The zero-order valence-corrected chi connectivity index (χ0v) is 20.0. The molecule has 0 saturated carbocycles. The Morgan fingerprint density at radius 3 is 2.81 bits per heavy atom. The Morgan fingerprint density at radius 2 is 2.03 bits per heavy atom. The minimum atomic E-state index is -3.21. The topological polar surface area (TPSA) is 90.3 Å². The average Bonchev–Trinajstić information content (AvgIpc) is 3.11. The van der Waals surface area contributed by atoms with Crippen molar-refractivity contribution in [3.63, 3.8) is 0 Å². The molecule has 2 heterocycles. The van der Waals surface area contributed by atoms with E-state index in [0.29, 0.717) is 35.3 Å². The summed E-state index contributed by atoms with van der Waals surface area (Å²) >= 11 is 3.08. The number of benzene rings is 1. The Labute approximate surface area is 189 Å². The smallest absolute Gasteiger partial charge is 0.267 e. The Hall–Kier alpha value is -1.88. The van der Waals surface area contributed by atoms with Gasteiger partial charge in [-0.1, -0.05) is 23.9 Å². The van der Waals surface area contributed by atoms with Crippen LogP contribution < -0.4 is 15.0 Å². The van der Waals surface area contributed by atoms with E-state index in [1.807, 2.05) is 24.3 Å². The Kier molecular flexibility index (Phi) is 6.71. The molecular formula is C21H25N3O4S3. The van der Waals surface area contributed by atoms with Crippen molar-refractivity contribution in [2.45, 2.75) is 37.3 Å². The number of fused-ring (bicyclic) bond motifs is 3. The van der Waals surface area contributed by atoms with Gasteiger partial charge in [0.05, 0.1) is 24.4 Å². The van der Waals surface area contributed by atoms with E-state index < -0.39 is 10.0 Å². The van der Waals surface area contributed by atoms with Crippen LogP contribution in [0.4, 0.5) is 0 Å². The minimum absolute atomic E-state index is 0.0642. The van der Waals surface area contributed by atoms with Gasteiger partial charge in [-0.3, -0.25) is 9.36 Å². The van der Waals surface area contributed by atoms with Crippen LogP contribution in [0.5, 0.6) is 5.75 Å². The van der Waals surface area contributed by atoms with Crippen LogP contribution in [0.15, 0.2) is 34.2 Å². The predicted octanol–water partition coefficient (Wildman–Crippen LogP) is 3.37. The number of thioether (sulfide) groups is 1. The fourth-order valence-corrected chi connectivity index (χ4v) is 6.57. The summed E-state index contributed by atoms with van der Waals surface area (Å²) in [5.74, 6) is 1.23. The molecule has 10 heteroatoms. The lowest BCUT2D eigenvalue weighted by molar-refractivity contribution is 0.411. The highest BCUT2D eigenvalue weighted by molar-refractivity contribution is 7.99. The number of ether oxygens (including phenoxy) is 1. The van der Waals surface area contributed by atoms with E-state index in [9.17, 15) is 13.2 Å². The Morgan fingerprint density at radius 1 is 1.26 bits per heavy atom. The summed E-state index contributed by atoms with van der Waals surface area (Å²) in [6.07, 6.45) is 5.93. The van der Waals surface area contributed by atoms with Crippen LogP contribution in [0, 0.1) is 0 Å². The molecule has 4 rings (SSSR count). The second-order valence-electron chi connectivity index (χ2n) is 7.47. The summed E-state index contributed by atoms with van der Waals surface area (Å²) in [6.45, 7) is 0.347. The zero-order chi connectivity index (χ0) is 22.0. The number of hydrogen-bond donors (Lipinski definition) is 1. The third-order valence-electron chi connectivity index (χ3n) is 5.20. The van der Waals surface area contributed by atoms with Crippen LogP contribution in [0.1, 0.15) is 29.7 Å². The van der Waals surface area contributed by atoms with Crippen molar-refractivity contribution in [1.82, 2.24) is 14.3 Å². The lowest BCUT2D eigenvalue weighted by atomic mass is 9.97. The second kappa shape index (κ2) is 9.32. The molecule has 1 aromatic carbocycles. The number of thiophene rings is 1. The molecule has 0 bridgehead atoms. The van der Waals surface area contributed by atoms with Gasteiger partial charge in [0.2, 0.25) is 10.0 Å². The quantitative estimate of drug-likeness (QED) is 0.303. The first-order valence-electron chi connectivity index (χ1n) is 10.2. The lowest BCUT2D eigenvalue weighted by Crippen LogP contribution is -2.24. The van der Waals surface area contributed by atoms with E-state index in [0.717, 1.165) is 47.7 Å². The first-order valence-corrected chi connectivity index (χ1v) is 13.9. The van der Waals surface area contributed by atoms with Crippen molar-refractivity contribution < 1.29 is 13.2 Å². The minimum Gasteiger partial charge on any atom is -0.495 e. The number of hydrogen-bond acceptors (Lipinski definition) is 7. The Balaban J connectivity index is 1.77. The summed E-state index contributed by atoms with van der Waals surface area (Å²) in [4.78, 5) is 20.7. The highest BCUT2D eigenvalue weighted by atomic mass is 32.2. The number of nitrogens with zero attached hydrogens (tertiary/aromatic N) is 2. The summed E-state index contributed by atoms with van der Waals surface area (Å²) in [6, 6.07) is 7.44. The predicted molar refractivity (Wildman–Crippen MR) is 127 cm³/mol. The number of nitrogens with one attached hydrogen (secondary N) is 1. The molecule has 31 heavy (non-hydrogen) atoms. The number of para-hydroxylation sites is 2. The maximum absolute atomic E-state index is 13.7. The molecular weight excluding hydrogens is 454 g/mol. The largest absolute Gasteiger partial charge is 0.495 e. The van der Waals surface area contributed by atoms with Gasteiger partial charge in [0.1, 0.15) is 10.6 Å². The highest BCUT2D eigenvalue weighted by Crippen LogP contribution is 2.36. The molecule has 166 valence electrons. The molecule has 2 aromatic heterocycles. The van der Waals surface area contributed by atoms with Crippen molar-refractivity contribution in [3.8, 4) is 11.4 Å². The SMILES string of the molecule is COc1ccccc1-n1c(SCCCNS(C)(=O)=O)nc2sc3c(c2c1=O)CCCC3. The molecule has 7 nitrogen and oxygen atoms in total. The van der Waals surface area contributed by atoms with E-state index >= 15 is 0 Å². The lowest BCUT2D eigenvalue weighted by Gasteiger charge is -2.15. The highest BCUT2D eigenvalue weighted by Gasteiger charge is 2.23. The second-order valence-corrected chi connectivity index (χ2v) is 11.4. The van der Waals surface area contributed by atoms with E-state index in [4.69, 9.17) is 9.72 Å². The van der Waals surface area contributed by atoms with Gasteiger partial charge >= 0.3 is 0 Å². The van der Waals surface area contributed by atoms with Crippen molar-refractivity contribution in [3.05, 3.63) is 45.1 Å². The van der Waals surface area contributed by atoms with Crippen LogP contribution >= 0.6 is 23.1 Å². The molecule has 1 aliphatic carbocycles. The van der Waals surface area contributed by atoms with Gasteiger partial charge in [0.25, 0.3) is 5.56 Å². The Bertz CT molecular complexity index is 1260. The molecule has 0 amide bonds. The molecule has 0 saturated heterocycles. The molecule has 0 aliphatic heterocycles. The molecule has 0 fully saturated rings. The summed E-state index contributed by atoms with van der Waals surface area (Å²) < 4.78 is 32.2. The standard InChI is InChI=1S/C21H25N3O4S3/c1-28-16-10-5-4-9-15(16)24-20(25)18-14-8-3-6-11-17(14)30-19(18)23-21(24)29-13-7-12-22-31(2,26)27/h4-5,9-10,22H,3,6-8,11-13H2,1-2H3. The monoisotopic (exact) mass is 479 g/mol. The van der Waals surface area contributed by atoms with E-state index in [2.05, 4.69) is 4.72 Å². The molecule has 1 aliphatic rings. The summed E-state index contributed by atoms with van der Waals surface area (Å²) in [5, 5.41) is 1.33. The van der Waals surface area contributed by atoms with E-state index in [1.165, 1.54) is 16.6 Å². The molecule has 0 spiro atoms. The summed E-state index contributed by atoms with van der Waals surface area (Å²) in [5.41, 5.74) is 1.75. The van der Waals surface area contributed by atoms with Crippen LogP contribution in [0.25, 0.3) is 15.9 Å². The number of aromatic nitrogens is 2. The summed E-state index contributed by atoms with van der Waals surface area (Å²) in [7, 11) is -1.62. The maximum atomic E-state index is 13.7. The van der Waals surface area contributed by atoms with Crippen LogP contribution in [-0.2, 0) is 22.9 Å². The van der Waals surface area contributed by atoms with Gasteiger partial charge in [-0.05, 0) is 49.8 Å². The number of rotatable bonds is 8. The van der Waals surface area contributed by atoms with Gasteiger partial charge < -0.3 is 4.74 Å². The first-order chi connectivity index (χ1) is 14.9. The third-order valence-corrected chi connectivity index (χ3v) is 8.14. The van der Waals surface area contributed by atoms with Gasteiger partial charge in [0.15, 0.2) is 5.16 Å². The maximum Gasteiger partial charge on any atom is 0.267 e. The molecule has 3 aromatic rings. The number of sulfonamides is 1. The zero-order valence-electron chi connectivity index (χ0n) is 17.5. The van der Waals surface area contributed by atoms with Crippen molar-refractivity contribution >= 4 is 43.3 Å². The van der Waals surface area contributed by atoms with Crippen molar-refractivity contribution in [1.29, 1.82) is 0 Å². The first kappa shape index (κ1) is 22.3. The van der Waals surface area contributed by atoms with Gasteiger partial charge in [-0.25, -0.2) is 18.1 Å². The fraction of sp³-hybridized carbons (Fsp3) is 0.429. The molecule has 0 radical (unpaired) electrons. The van der Waals surface area contributed by atoms with Crippen molar-refractivity contribution in [2.24, 2.45) is 0 Å². The number of methoxy groups -OCH3 is 1. The van der Waals surface area contributed by atoms with Gasteiger partial charge in [-0.2, -0.15) is 0 Å². The van der Waals surface area contributed by atoms with E-state index in [-0.39, 0.29) is 5.56 Å². The van der Waals surface area contributed by atoms with Gasteiger partial charge in [-0.15, -0.1) is 11.3 Å².